The average Bonchev–Trinajstić information content (AvgIpc) is 2.43. The Kier molecular flexibility index (Phi) is 6.84. The van der Waals surface area contributed by atoms with Gasteiger partial charge in [0.25, 0.3) is 0 Å². The number of hydrogen-bond donors (Lipinski definition) is 2. The lowest BCUT2D eigenvalue weighted by Gasteiger charge is -2.21. The van der Waals surface area contributed by atoms with Gasteiger partial charge < -0.3 is 5.32 Å². The van der Waals surface area contributed by atoms with Gasteiger partial charge in [0.15, 0.2) is 0 Å². The van der Waals surface area contributed by atoms with E-state index in [9.17, 15) is 8.42 Å². The minimum Gasteiger partial charge on any atom is -0.313 e. The van der Waals surface area contributed by atoms with E-state index < -0.39 is 10.0 Å². The van der Waals surface area contributed by atoms with Gasteiger partial charge in [0.05, 0.1) is 4.90 Å². The molecule has 1 atom stereocenters. The molecule has 2 N–H and O–H groups in total. The zero-order chi connectivity index (χ0) is 16.0. The summed E-state index contributed by atoms with van der Waals surface area (Å²) in [5.74, 6) is 0.273. The smallest absolute Gasteiger partial charge is 0.241 e. The summed E-state index contributed by atoms with van der Waals surface area (Å²) in [6.45, 7) is 11.5. The molecule has 0 aliphatic rings. The van der Waals surface area contributed by atoms with Crippen LogP contribution in [0, 0.1) is 12.8 Å². The molecule has 1 aromatic rings. The number of aryl methyl sites for hydroxylation is 1. The Morgan fingerprint density at radius 1 is 1.19 bits per heavy atom. The summed E-state index contributed by atoms with van der Waals surface area (Å²) < 4.78 is 28.1. The quantitative estimate of drug-likeness (QED) is 0.776. The topological polar surface area (TPSA) is 58.2 Å². The van der Waals surface area contributed by atoms with E-state index >= 15 is 0 Å². The molecular weight excluding hydrogens is 284 g/mol. The molecule has 0 aromatic heterocycles. The van der Waals surface area contributed by atoms with Crippen molar-refractivity contribution in [1.82, 2.24) is 10.0 Å². The SMILES string of the molecule is CCNCc1ccc(C)c(S(=O)(=O)NC(CC)C(C)C)c1. The summed E-state index contributed by atoms with van der Waals surface area (Å²) in [5.41, 5.74) is 1.77. The zero-order valence-corrected chi connectivity index (χ0v) is 14.5. The second-order valence-corrected chi connectivity index (χ2v) is 7.44. The lowest BCUT2D eigenvalue weighted by molar-refractivity contribution is 0.437. The first-order valence-electron chi connectivity index (χ1n) is 7.64. The van der Waals surface area contributed by atoms with Crippen LogP contribution in [0.3, 0.4) is 0 Å². The van der Waals surface area contributed by atoms with Gasteiger partial charge in [0, 0.05) is 12.6 Å². The minimum absolute atomic E-state index is 0.0353. The van der Waals surface area contributed by atoms with Crippen molar-refractivity contribution in [3.63, 3.8) is 0 Å². The van der Waals surface area contributed by atoms with Crippen LogP contribution < -0.4 is 10.0 Å². The highest BCUT2D eigenvalue weighted by Gasteiger charge is 2.22. The van der Waals surface area contributed by atoms with Crippen molar-refractivity contribution >= 4 is 10.0 Å². The van der Waals surface area contributed by atoms with Gasteiger partial charge in [-0.05, 0) is 43.0 Å². The van der Waals surface area contributed by atoms with Gasteiger partial charge in [-0.1, -0.05) is 39.8 Å². The van der Waals surface area contributed by atoms with Crippen molar-refractivity contribution in [2.45, 2.75) is 58.5 Å². The van der Waals surface area contributed by atoms with E-state index in [1.807, 2.05) is 46.8 Å². The van der Waals surface area contributed by atoms with Crippen LogP contribution in [0.15, 0.2) is 23.1 Å². The monoisotopic (exact) mass is 312 g/mol. The molecule has 0 spiro atoms. The lowest BCUT2D eigenvalue weighted by Crippen LogP contribution is -2.38. The van der Waals surface area contributed by atoms with Crippen molar-refractivity contribution in [3.05, 3.63) is 29.3 Å². The molecule has 0 bridgehead atoms. The lowest BCUT2D eigenvalue weighted by atomic mass is 10.0. The molecule has 0 amide bonds. The van der Waals surface area contributed by atoms with Crippen LogP contribution in [0.25, 0.3) is 0 Å². The van der Waals surface area contributed by atoms with E-state index in [0.29, 0.717) is 11.4 Å². The molecule has 0 fully saturated rings. The fourth-order valence-electron chi connectivity index (χ4n) is 2.27. The van der Waals surface area contributed by atoms with E-state index in [-0.39, 0.29) is 12.0 Å². The third kappa shape index (κ3) is 5.09. The van der Waals surface area contributed by atoms with E-state index in [0.717, 1.165) is 24.1 Å². The highest BCUT2D eigenvalue weighted by Crippen LogP contribution is 2.19. The highest BCUT2D eigenvalue weighted by atomic mass is 32.2. The number of nitrogens with one attached hydrogen (secondary N) is 2. The maximum absolute atomic E-state index is 12.6. The van der Waals surface area contributed by atoms with Crippen LogP contribution >= 0.6 is 0 Å². The summed E-state index contributed by atoms with van der Waals surface area (Å²) in [6.07, 6.45) is 0.785. The molecule has 1 rings (SSSR count). The Balaban J connectivity index is 3.06. The van der Waals surface area contributed by atoms with Crippen molar-refractivity contribution in [3.8, 4) is 0 Å². The van der Waals surface area contributed by atoms with Crippen LogP contribution in [0.4, 0.5) is 0 Å². The first-order valence-corrected chi connectivity index (χ1v) is 9.12. The van der Waals surface area contributed by atoms with Crippen molar-refractivity contribution < 1.29 is 8.42 Å². The molecule has 120 valence electrons. The molecule has 21 heavy (non-hydrogen) atoms. The van der Waals surface area contributed by atoms with E-state index in [1.54, 1.807) is 6.07 Å². The molecule has 0 radical (unpaired) electrons. The Bertz CT molecular complexity index is 553. The average molecular weight is 312 g/mol. The largest absolute Gasteiger partial charge is 0.313 e. The van der Waals surface area contributed by atoms with Gasteiger partial charge in [0.1, 0.15) is 0 Å². The van der Waals surface area contributed by atoms with Gasteiger partial charge in [-0.15, -0.1) is 0 Å². The van der Waals surface area contributed by atoms with Crippen molar-refractivity contribution in [1.29, 1.82) is 0 Å². The summed E-state index contributed by atoms with van der Waals surface area (Å²) in [5, 5.41) is 3.22. The predicted octanol–water partition coefficient (Wildman–Crippen LogP) is 2.82. The first-order chi connectivity index (χ1) is 9.81. The van der Waals surface area contributed by atoms with Gasteiger partial charge in [-0.25, -0.2) is 13.1 Å². The summed E-state index contributed by atoms with van der Waals surface area (Å²) in [7, 11) is -3.47. The summed E-state index contributed by atoms with van der Waals surface area (Å²) >= 11 is 0. The second kappa shape index (κ2) is 7.92. The van der Waals surface area contributed by atoms with E-state index in [2.05, 4.69) is 10.0 Å². The highest BCUT2D eigenvalue weighted by molar-refractivity contribution is 7.89. The number of sulfonamides is 1. The molecule has 0 aliphatic heterocycles. The maximum Gasteiger partial charge on any atom is 0.241 e. The third-order valence-electron chi connectivity index (χ3n) is 3.67. The number of hydrogen-bond acceptors (Lipinski definition) is 3. The maximum atomic E-state index is 12.6. The molecule has 5 heteroatoms. The standard InChI is InChI=1S/C16H28N2O2S/c1-6-15(12(3)4)18-21(19,20)16-10-14(11-17-7-2)9-8-13(16)5/h8-10,12,15,17-18H,6-7,11H2,1-5H3. The van der Waals surface area contributed by atoms with Gasteiger partial charge in [0.2, 0.25) is 10.0 Å². The first kappa shape index (κ1) is 18.1. The summed E-state index contributed by atoms with van der Waals surface area (Å²) in [4.78, 5) is 0.386. The molecule has 0 saturated carbocycles. The zero-order valence-electron chi connectivity index (χ0n) is 13.7. The summed E-state index contributed by atoms with van der Waals surface area (Å²) in [6, 6.07) is 5.58. The normalized spacial score (nSPS) is 13.6. The Hall–Kier alpha value is -0.910. The van der Waals surface area contributed by atoms with Gasteiger partial charge in [-0.2, -0.15) is 0 Å². The number of benzene rings is 1. The molecular formula is C16H28N2O2S. The molecule has 1 aromatic carbocycles. The fraction of sp³-hybridized carbons (Fsp3) is 0.625. The number of rotatable bonds is 8. The van der Waals surface area contributed by atoms with Crippen LogP contribution in [-0.4, -0.2) is 21.0 Å². The third-order valence-corrected chi connectivity index (χ3v) is 5.30. The Morgan fingerprint density at radius 3 is 2.38 bits per heavy atom. The van der Waals surface area contributed by atoms with E-state index in [4.69, 9.17) is 0 Å². The van der Waals surface area contributed by atoms with Gasteiger partial charge in [-0.3, -0.25) is 0 Å². The van der Waals surface area contributed by atoms with Crippen LogP contribution in [-0.2, 0) is 16.6 Å². The van der Waals surface area contributed by atoms with Crippen molar-refractivity contribution in [2.75, 3.05) is 6.54 Å². The molecule has 0 saturated heterocycles. The molecule has 1 unspecified atom stereocenters. The molecule has 0 aliphatic carbocycles. The molecule has 4 nitrogen and oxygen atoms in total. The van der Waals surface area contributed by atoms with Crippen LogP contribution in [0.2, 0.25) is 0 Å². The molecule has 0 heterocycles. The second-order valence-electron chi connectivity index (χ2n) is 5.76. The fourth-order valence-corrected chi connectivity index (χ4v) is 4.03. The van der Waals surface area contributed by atoms with Crippen LogP contribution in [0.1, 0.15) is 45.2 Å². The predicted molar refractivity (Wildman–Crippen MR) is 87.8 cm³/mol. The van der Waals surface area contributed by atoms with E-state index in [1.165, 1.54) is 0 Å². The Morgan fingerprint density at radius 2 is 1.86 bits per heavy atom. The van der Waals surface area contributed by atoms with Crippen LogP contribution in [0.5, 0.6) is 0 Å². The van der Waals surface area contributed by atoms with Crippen molar-refractivity contribution in [2.24, 2.45) is 5.92 Å². The van der Waals surface area contributed by atoms with Gasteiger partial charge >= 0.3 is 0 Å². The minimum atomic E-state index is -3.47. The Labute approximate surface area is 129 Å².